The lowest BCUT2D eigenvalue weighted by Crippen LogP contribution is -2.32. The Morgan fingerprint density at radius 2 is 1.52 bits per heavy atom. The van der Waals surface area contributed by atoms with Gasteiger partial charge in [0.2, 0.25) is 0 Å². The number of aromatic nitrogens is 1. The van der Waals surface area contributed by atoms with E-state index in [2.05, 4.69) is 15.8 Å². The maximum atomic E-state index is 12.0. The molecule has 0 radical (unpaired) electrons. The van der Waals surface area contributed by atoms with E-state index >= 15 is 0 Å². The first kappa shape index (κ1) is 23.2. The van der Waals surface area contributed by atoms with Gasteiger partial charge < -0.3 is 9.88 Å². The maximum Gasteiger partial charge on any atom is 0.329 e. The third-order valence-corrected chi connectivity index (χ3v) is 5.86. The zero-order valence-corrected chi connectivity index (χ0v) is 19.4. The summed E-state index contributed by atoms with van der Waals surface area (Å²) in [4.78, 5) is 24.0. The number of aryl methyl sites for hydroxylation is 1. The molecule has 0 atom stereocenters. The minimum absolute atomic E-state index is 0.259. The van der Waals surface area contributed by atoms with Gasteiger partial charge in [0.05, 0.1) is 26.3 Å². The van der Waals surface area contributed by atoms with Crippen molar-refractivity contribution in [2.75, 3.05) is 5.32 Å². The van der Waals surface area contributed by atoms with Crippen molar-refractivity contribution in [2.45, 2.75) is 13.8 Å². The molecule has 0 saturated heterocycles. The van der Waals surface area contributed by atoms with Crippen LogP contribution in [0.3, 0.4) is 0 Å². The fourth-order valence-corrected chi connectivity index (χ4v) is 3.50. The zero-order valence-electron chi connectivity index (χ0n) is 16.3. The first-order chi connectivity index (χ1) is 14.7. The molecular weight excluding hydrogens is 482 g/mol. The van der Waals surface area contributed by atoms with Crippen LogP contribution in [-0.2, 0) is 9.59 Å². The van der Waals surface area contributed by atoms with E-state index in [0.717, 1.165) is 22.6 Å². The molecule has 10 heteroatoms. The lowest BCUT2D eigenvalue weighted by molar-refractivity contribution is -0.136. The highest BCUT2D eigenvalue weighted by atomic mass is 35.5. The summed E-state index contributed by atoms with van der Waals surface area (Å²) in [6.45, 7) is 3.83. The fourth-order valence-electron chi connectivity index (χ4n) is 2.91. The molecule has 1 heterocycles. The predicted octanol–water partition coefficient (Wildman–Crippen LogP) is 5.80. The summed E-state index contributed by atoms with van der Waals surface area (Å²) in [6, 6.07) is 11.7. The van der Waals surface area contributed by atoms with Crippen molar-refractivity contribution in [3.05, 3.63) is 79.5 Å². The Hall–Kier alpha value is -2.51. The van der Waals surface area contributed by atoms with E-state index in [1.165, 1.54) is 24.4 Å². The number of rotatable bonds is 4. The smallest absolute Gasteiger partial charge is 0.318 e. The van der Waals surface area contributed by atoms with Crippen LogP contribution in [0.25, 0.3) is 5.69 Å². The first-order valence-electron chi connectivity index (χ1n) is 8.91. The SMILES string of the molecule is Cc1cc(/C=N\NC(=O)C(=O)Nc2ccc(Cl)c(Cl)c2)c(C)n1-c1ccc(Cl)c(Cl)c1. The highest BCUT2D eigenvalue weighted by molar-refractivity contribution is 6.43. The van der Waals surface area contributed by atoms with Crippen LogP contribution in [-0.4, -0.2) is 22.6 Å². The van der Waals surface area contributed by atoms with E-state index in [1.807, 2.05) is 30.5 Å². The van der Waals surface area contributed by atoms with E-state index in [0.29, 0.717) is 20.8 Å². The van der Waals surface area contributed by atoms with Gasteiger partial charge in [-0.1, -0.05) is 46.4 Å². The summed E-state index contributed by atoms with van der Waals surface area (Å²) in [6.07, 6.45) is 1.46. The van der Waals surface area contributed by atoms with Gasteiger partial charge in [0, 0.05) is 28.3 Å². The average molecular weight is 498 g/mol. The largest absolute Gasteiger partial charge is 0.329 e. The summed E-state index contributed by atoms with van der Waals surface area (Å²) < 4.78 is 1.97. The highest BCUT2D eigenvalue weighted by Gasteiger charge is 2.14. The van der Waals surface area contributed by atoms with Crippen molar-refractivity contribution in [2.24, 2.45) is 5.10 Å². The molecule has 1 aromatic heterocycles. The number of anilines is 1. The van der Waals surface area contributed by atoms with Crippen LogP contribution < -0.4 is 10.7 Å². The van der Waals surface area contributed by atoms with Crippen LogP contribution in [0.4, 0.5) is 5.69 Å². The molecule has 2 aromatic carbocycles. The van der Waals surface area contributed by atoms with Gasteiger partial charge in [-0.05, 0) is 56.3 Å². The van der Waals surface area contributed by atoms with Crippen molar-refractivity contribution >= 4 is 70.1 Å². The van der Waals surface area contributed by atoms with E-state index in [1.54, 1.807) is 12.1 Å². The monoisotopic (exact) mass is 496 g/mol. The molecule has 2 amide bonds. The van der Waals surface area contributed by atoms with Crippen LogP contribution in [0, 0.1) is 13.8 Å². The topological polar surface area (TPSA) is 75.5 Å². The molecule has 0 fully saturated rings. The molecule has 3 aromatic rings. The molecule has 160 valence electrons. The maximum absolute atomic E-state index is 12.0. The molecule has 0 spiro atoms. The number of nitrogens with one attached hydrogen (secondary N) is 2. The lowest BCUT2D eigenvalue weighted by atomic mass is 10.2. The highest BCUT2D eigenvalue weighted by Crippen LogP contribution is 2.27. The molecule has 0 bridgehead atoms. The first-order valence-corrected chi connectivity index (χ1v) is 10.4. The average Bonchev–Trinajstić information content (AvgIpc) is 3.00. The van der Waals surface area contributed by atoms with Gasteiger partial charge in [0.15, 0.2) is 0 Å². The molecule has 0 aliphatic carbocycles. The molecule has 6 nitrogen and oxygen atoms in total. The third-order valence-electron chi connectivity index (χ3n) is 4.39. The lowest BCUT2D eigenvalue weighted by Gasteiger charge is -2.10. The summed E-state index contributed by atoms with van der Waals surface area (Å²) in [5, 5.41) is 7.82. The molecule has 3 rings (SSSR count). The van der Waals surface area contributed by atoms with Crippen molar-refractivity contribution < 1.29 is 9.59 Å². The van der Waals surface area contributed by atoms with Crippen LogP contribution in [0.15, 0.2) is 47.6 Å². The van der Waals surface area contributed by atoms with Crippen LogP contribution >= 0.6 is 46.4 Å². The van der Waals surface area contributed by atoms with Gasteiger partial charge in [0.1, 0.15) is 0 Å². The molecule has 0 aliphatic rings. The Balaban J connectivity index is 1.69. The predicted molar refractivity (Wildman–Crippen MR) is 126 cm³/mol. The molecule has 0 saturated carbocycles. The molecule has 31 heavy (non-hydrogen) atoms. The number of benzene rings is 2. The number of hydrogen-bond donors (Lipinski definition) is 2. The van der Waals surface area contributed by atoms with Crippen LogP contribution in [0.5, 0.6) is 0 Å². The summed E-state index contributed by atoms with van der Waals surface area (Å²) >= 11 is 23.8. The number of carbonyl (C=O) groups excluding carboxylic acids is 2. The Morgan fingerprint density at radius 1 is 0.871 bits per heavy atom. The number of hydrogen-bond acceptors (Lipinski definition) is 3. The van der Waals surface area contributed by atoms with Crippen molar-refractivity contribution in [3.63, 3.8) is 0 Å². The van der Waals surface area contributed by atoms with Crippen molar-refractivity contribution in [3.8, 4) is 5.69 Å². The summed E-state index contributed by atoms with van der Waals surface area (Å²) in [5.41, 5.74) is 5.94. The summed E-state index contributed by atoms with van der Waals surface area (Å²) in [7, 11) is 0. The number of hydrazone groups is 1. The van der Waals surface area contributed by atoms with Gasteiger partial charge in [-0.25, -0.2) is 5.43 Å². The van der Waals surface area contributed by atoms with Gasteiger partial charge in [-0.2, -0.15) is 5.10 Å². The molecule has 0 unspecified atom stereocenters. The number of carbonyl (C=O) groups is 2. The van der Waals surface area contributed by atoms with Crippen molar-refractivity contribution in [1.82, 2.24) is 9.99 Å². The second-order valence-corrected chi connectivity index (χ2v) is 8.17. The minimum Gasteiger partial charge on any atom is -0.318 e. The number of halogens is 4. The van der Waals surface area contributed by atoms with Gasteiger partial charge >= 0.3 is 11.8 Å². The number of amides is 2. The minimum atomic E-state index is -0.930. The third kappa shape index (κ3) is 5.40. The van der Waals surface area contributed by atoms with Crippen LogP contribution in [0.2, 0.25) is 20.1 Å². The Labute approximate surface area is 198 Å². The molecule has 0 aliphatic heterocycles. The van der Waals surface area contributed by atoms with Gasteiger partial charge in [-0.15, -0.1) is 0 Å². The van der Waals surface area contributed by atoms with Crippen molar-refractivity contribution in [1.29, 1.82) is 0 Å². The van der Waals surface area contributed by atoms with E-state index < -0.39 is 11.8 Å². The van der Waals surface area contributed by atoms with E-state index in [9.17, 15) is 9.59 Å². The second kappa shape index (κ2) is 9.75. The number of nitrogens with zero attached hydrogens (tertiary/aromatic N) is 2. The molecular formula is C21H16Cl4N4O2. The molecule has 2 N–H and O–H groups in total. The van der Waals surface area contributed by atoms with Gasteiger partial charge in [-0.3, -0.25) is 9.59 Å². The standard InChI is InChI=1S/C21H16Cl4N4O2/c1-11-7-13(12(2)29(11)15-4-6-17(23)19(25)9-15)10-26-28-21(31)20(30)27-14-3-5-16(22)18(24)8-14/h3-10H,1-2H3,(H,27,30)(H,28,31)/b26-10-. The van der Waals surface area contributed by atoms with E-state index in [4.69, 9.17) is 46.4 Å². The second-order valence-electron chi connectivity index (χ2n) is 6.54. The quantitative estimate of drug-likeness (QED) is 0.271. The summed E-state index contributed by atoms with van der Waals surface area (Å²) in [5.74, 6) is -1.82. The Kier molecular flexibility index (Phi) is 7.28. The Bertz CT molecular complexity index is 1200. The van der Waals surface area contributed by atoms with E-state index in [-0.39, 0.29) is 5.02 Å². The zero-order chi connectivity index (χ0) is 22.7. The van der Waals surface area contributed by atoms with Crippen LogP contribution in [0.1, 0.15) is 17.0 Å². The Morgan fingerprint density at radius 3 is 2.16 bits per heavy atom. The van der Waals surface area contributed by atoms with Gasteiger partial charge in [0.25, 0.3) is 0 Å². The normalized spacial score (nSPS) is 11.0. The fraction of sp³-hybridized carbons (Fsp3) is 0.0952.